The molecule has 1 aromatic carbocycles. The average molecular weight is 304 g/mol. The fourth-order valence-corrected chi connectivity index (χ4v) is 2.36. The Morgan fingerprint density at radius 1 is 1.00 bits per heavy atom. The molecular weight excluding hydrogens is 272 g/mol. The van der Waals surface area contributed by atoms with Gasteiger partial charge in [-0.1, -0.05) is 69.5 Å². The summed E-state index contributed by atoms with van der Waals surface area (Å²) in [5.74, 6) is 0. The van der Waals surface area contributed by atoms with Crippen LogP contribution in [0.5, 0.6) is 0 Å². The van der Waals surface area contributed by atoms with Crippen molar-refractivity contribution in [3.8, 4) is 0 Å². The highest BCUT2D eigenvalue weighted by Crippen LogP contribution is 2.22. The van der Waals surface area contributed by atoms with Crippen molar-refractivity contribution in [2.75, 3.05) is 13.2 Å². The molecule has 2 heteroatoms. The van der Waals surface area contributed by atoms with Gasteiger partial charge in [-0.3, -0.25) is 0 Å². The van der Waals surface area contributed by atoms with Crippen LogP contribution >= 0.6 is 0 Å². The van der Waals surface area contributed by atoms with Crippen LogP contribution in [0.15, 0.2) is 30.3 Å². The van der Waals surface area contributed by atoms with Crippen molar-refractivity contribution in [3.05, 3.63) is 41.5 Å². The fraction of sp³-hybridized carbons (Fsp3) is 0.600. The molecule has 2 N–H and O–H groups in total. The van der Waals surface area contributed by atoms with Crippen molar-refractivity contribution in [2.24, 2.45) is 5.41 Å². The summed E-state index contributed by atoms with van der Waals surface area (Å²) in [4.78, 5) is 0. The fourth-order valence-electron chi connectivity index (χ4n) is 2.36. The number of aliphatic hydroxyl groups excluding tert-OH is 2. The van der Waals surface area contributed by atoms with Gasteiger partial charge in [0.15, 0.2) is 0 Å². The van der Waals surface area contributed by atoms with Gasteiger partial charge in [0, 0.05) is 5.41 Å². The van der Waals surface area contributed by atoms with Crippen molar-refractivity contribution < 1.29 is 10.2 Å². The Morgan fingerprint density at radius 3 is 2.27 bits per heavy atom. The summed E-state index contributed by atoms with van der Waals surface area (Å²) in [6.45, 7) is 4.22. The zero-order chi connectivity index (χ0) is 16.3. The van der Waals surface area contributed by atoms with E-state index in [0.29, 0.717) is 0 Å². The summed E-state index contributed by atoms with van der Waals surface area (Å²) < 4.78 is 0. The molecule has 0 aliphatic rings. The Morgan fingerprint density at radius 2 is 1.68 bits per heavy atom. The summed E-state index contributed by atoms with van der Waals surface area (Å²) >= 11 is 0. The average Bonchev–Trinajstić information content (AvgIpc) is 2.57. The second-order valence-electron chi connectivity index (χ2n) is 6.62. The summed E-state index contributed by atoms with van der Waals surface area (Å²) in [6, 6.07) is 8.58. The molecule has 1 rings (SSSR count). The molecule has 0 aromatic heterocycles. The molecule has 0 aliphatic carbocycles. The van der Waals surface area contributed by atoms with Crippen LogP contribution in [0, 0.1) is 5.41 Å². The Labute approximate surface area is 135 Å². The molecule has 0 amide bonds. The highest BCUT2D eigenvalue weighted by atomic mass is 16.3. The second kappa shape index (κ2) is 10.6. The van der Waals surface area contributed by atoms with E-state index in [1.807, 2.05) is 6.92 Å². The number of aliphatic hydroxyl groups is 2. The second-order valence-corrected chi connectivity index (χ2v) is 6.62. The number of aryl methyl sites for hydroxylation is 1. The van der Waals surface area contributed by atoms with Gasteiger partial charge in [-0.25, -0.2) is 0 Å². The zero-order valence-corrected chi connectivity index (χ0v) is 14.2. The minimum Gasteiger partial charge on any atom is -0.396 e. The minimum absolute atomic E-state index is 0.0301. The molecule has 0 heterocycles. The number of allylic oxidation sites excluding steroid dienone is 1. The van der Waals surface area contributed by atoms with Gasteiger partial charge in [0.1, 0.15) is 0 Å². The third kappa shape index (κ3) is 7.24. The third-order valence-electron chi connectivity index (χ3n) is 4.30. The predicted octanol–water partition coefficient (Wildman–Crippen LogP) is 4.59. The highest BCUT2D eigenvalue weighted by Gasteiger charge is 2.21. The monoisotopic (exact) mass is 304 g/mol. The van der Waals surface area contributed by atoms with Crippen LogP contribution < -0.4 is 0 Å². The van der Waals surface area contributed by atoms with E-state index < -0.39 is 0 Å². The number of hydrogen-bond acceptors (Lipinski definition) is 2. The van der Waals surface area contributed by atoms with E-state index in [0.717, 1.165) is 19.3 Å². The topological polar surface area (TPSA) is 40.5 Å². The molecule has 0 radical (unpaired) electrons. The Balaban J connectivity index is 2.38. The van der Waals surface area contributed by atoms with E-state index in [2.05, 4.69) is 43.3 Å². The summed E-state index contributed by atoms with van der Waals surface area (Å²) in [5.41, 5.74) is 2.12. The molecule has 1 aromatic rings. The lowest BCUT2D eigenvalue weighted by atomic mass is 9.86. The highest BCUT2D eigenvalue weighted by molar-refractivity contribution is 5.49. The largest absolute Gasteiger partial charge is 0.396 e. The lowest BCUT2D eigenvalue weighted by Crippen LogP contribution is -2.26. The molecule has 2 nitrogen and oxygen atoms in total. The van der Waals surface area contributed by atoms with Crippen molar-refractivity contribution in [1.29, 1.82) is 0 Å². The maximum absolute atomic E-state index is 9.31. The van der Waals surface area contributed by atoms with Gasteiger partial charge in [-0.2, -0.15) is 0 Å². The van der Waals surface area contributed by atoms with Crippen molar-refractivity contribution in [1.82, 2.24) is 0 Å². The Hall–Kier alpha value is -1.12. The van der Waals surface area contributed by atoms with Crippen LogP contribution in [0.25, 0.3) is 6.08 Å². The van der Waals surface area contributed by atoms with Crippen LogP contribution in [0.4, 0.5) is 0 Å². The number of hydrogen-bond donors (Lipinski definition) is 2. The lowest BCUT2D eigenvalue weighted by Gasteiger charge is -2.24. The quantitative estimate of drug-likeness (QED) is 0.587. The molecule has 0 fully saturated rings. The van der Waals surface area contributed by atoms with Gasteiger partial charge in [0.2, 0.25) is 0 Å². The van der Waals surface area contributed by atoms with E-state index in [4.69, 9.17) is 0 Å². The third-order valence-corrected chi connectivity index (χ3v) is 4.30. The molecule has 0 bridgehead atoms. The van der Waals surface area contributed by atoms with E-state index in [1.165, 1.54) is 36.8 Å². The smallest absolute Gasteiger partial charge is 0.0506 e. The van der Waals surface area contributed by atoms with Gasteiger partial charge in [-0.15, -0.1) is 0 Å². The number of rotatable bonds is 11. The maximum atomic E-state index is 9.31. The van der Waals surface area contributed by atoms with Crippen LogP contribution in [0.2, 0.25) is 0 Å². The molecule has 0 saturated heterocycles. The SMILES string of the molecule is CCCCCC/C=C/c1ccc(CCC(C)(CO)CO)cc1. The first kappa shape index (κ1) is 18.9. The first-order valence-electron chi connectivity index (χ1n) is 8.61. The molecule has 0 saturated carbocycles. The van der Waals surface area contributed by atoms with Crippen LogP contribution in [-0.2, 0) is 6.42 Å². The number of benzene rings is 1. The zero-order valence-electron chi connectivity index (χ0n) is 14.2. The molecule has 0 aliphatic heterocycles. The van der Waals surface area contributed by atoms with Crippen molar-refractivity contribution in [2.45, 2.75) is 58.8 Å². The lowest BCUT2D eigenvalue weighted by molar-refractivity contribution is 0.0631. The van der Waals surface area contributed by atoms with Crippen LogP contribution in [0.3, 0.4) is 0 Å². The van der Waals surface area contributed by atoms with Gasteiger partial charge < -0.3 is 10.2 Å². The standard InChI is InChI=1S/C20H32O2/c1-3-4-5-6-7-8-9-18-10-12-19(13-11-18)14-15-20(2,16-21)17-22/h8-13,21-22H,3-7,14-17H2,1-2H3/b9-8+. The Kier molecular flexibility index (Phi) is 9.10. The molecule has 22 heavy (non-hydrogen) atoms. The van der Waals surface area contributed by atoms with Gasteiger partial charge in [0.05, 0.1) is 13.2 Å². The molecular formula is C20H32O2. The molecule has 124 valence electrons. The van der Waals surface area contributed by atoms with Crippen LogP contribution in [0.1, 0.15) is 63.5 Å². The first-order chi connectivity index (χ1) is 10.6. The minimum atomic E-state index is -0.378. The summed E-state index contributed by atoms with van der Waals surface area (Å²) in [7, 11) is 0. The summed E-state index contributed by atoms with van der Waals surface area (Å²) in [6.07, 6.45) is 12.5. The maximum Gasteiger partial charge on any atom is 0.0506 e. The van der Waals surface area contributed by atoms with E-state index in [1.54, 1.807) is 0 Å². The van der Waals surface area contributed by atoms with Crippen molar-refractivity contribution >= 4 is 6.08 Å². The van der Waals surface area contributed by atoms with E-state index in [-0.39, 0.29) is 18.6 Å². The van der Waals surface area contributed by atoms with Gasteiger partial charge >= 0.3 is 0 Å². The van der Waals surface area contributed by atoms with E-state index >= 15 is 0 Å². The first-order valence-corrected chi connectivity index (χ1v) is 8.61. The molecule has 0 spiro atoms. The van der Waals surface area contributed by atoms with Crippen molar-refractivity contribution in [3.63, 3.8) is 0 Å². The van der Waals surface area contributed by atoms with Crippen LogP contribution in [-0.4, -0.2) is 23.4 Å². The Bertz CT molecular complexity index is 416. The molecule has 0 atom stereocenters. The number of unbranched alkanes of at least 4 members (excludes halogenated alkanes) is 4. The van der Waals surface area contributed by atoms with Gasteiger partial charge in [-0.05, 0) is 36.8 Å². The van der Waals surface area contributed by atoms with Gasteiger partial charge in [0.25, 0.3) is 0 Å². The summed E-state index contributed by atoms with van der Waals surface area (Å²) in [5, 5.41) is 18.6. The normalized spacial score (nSPS) is 12.2. The predicted molar refractivity (Wildman–Crippen MR) is 94.8 cm³/mol. The van der Waals surface area contributed by atoms with E-state index in [9.17, 15) is 10.2 Å². The molecule has 0 unspecified atom stereocenters.